The second-order valence-electron chi connectivity index (χ2n) is 4.49. The summed E-state index contributed by atoms with van der Waals surface area (Å²) in [6.45, 7) is 9.05. The van der Waals surface area contributed by atoms with Crippen molar-refractivity contribution in [3.63, 3.8) is 0 Å². The number of ether oxygens (including phenoxy) is 1. The average Bonchev–Trinajstić information content (AvgIpc) is 2.29. The molecule has 0 aromatic rings. The Balaban J connectivity index is 2.06. The SMILES string of the molecule is CCN1CCC(NCCOCCO)CC1C. The quantitative estimate of drug-likeness (QED) is 0.624. The van der Waals surface area contributed by atoms with Gasteiger partial charge in [-0.2, -0.15) is 0 Å². The van der Waals surface area contributed by atoms with Crippen LogP contribution in [0.4, 0.5) is 0 Å². The van der Waals surface area contributed by atoms with E-state index >= 15 is 0 Å². The van der Waals surface area contributed by atoms with Crippen molar-refractivity contribution < 1.29 is 9.84 Å². The maximum absolute atomic E-state index is 8.55. The fourth-order valence-electron chi connectivity index (χ4n) is 2.38. The molecule has 0 bridgehead atoms. The van der Waals surface area contributed by atoms with E-state index in [0.717, 1.165) is 13.1 Å². The highest BCUT2D eigenvalue weighted by molar-refractivity contribution is 4.82. The van der Waals surface area contributed by atoms with Crippen molar-refractivity contribution in [3.05, 3.63) is 0 Å². The van der Waals surface area contributed by atoms with Crippen molar-refractivity contribution in [2.75, 3.05) is 39.5 Å². The molecule has 1 rings (SSSR count). The molecule has 1 saturated heterocycles. The summed E-state index contributed by atoms with van der Waals surface area (Å²) in [4.78, 5) is 2.53. The van der Waals surface area contributed by atoms with Crippen molar-refractivity contribution in [1.82, 2.24) is 10.2 Å². The van der Waals surface area contributed by atoms with E-state index in [1.54, 1.807) is 0 Å². The van der Waals surface area contributed by atoms with Crippen LogP contribution in [0.15, 0.2) is 0 Å². The van der Waals surface area contributed by atoms with Gasteiger partial charge in [-0.1, -0.05) is 6.92 Å². The summed E-state index contributed by atoms with van der Waals surface area (Å²) in [7, 11) is 0. The molecule has 1 aliphatic rings. The van der Waals surface area contributed by atoms with Gasteiger partial charge in [0.2, 0.25) is 0 Å². The summed E-state index contributed by atoms with van der Waals surface area (Å²) in [6, 6.07) is 1.32. The minimum atomic E-state index is 0.117. The molecule has 1 heterocycles. The van der Waals surface area contributed by atoms with Gasteiger partial charge in [-0.15, -0.1) is 0 Å². The van der Waals surface area contributed by atoms with Crippen LogP contribution < -0.4 is 5.32 Å². The molecule has 96 valence electrons. The van der Waals surface area contributed by atoms with Gasteiger partial charge < -0.3 is 20.1 Å². The standard InChI is InChI=1S/C12H26N2O2/c1-3-14-6-4-12(10-11(14)2)13-5-8-16-9-7-15/h11-13,15H,3-10H2,1-2H3. The number of hydrogen-bond acceptors (Lipinski definition) is 4. The number of likely N-dealkylation sites (tertiary alicyclic amines) is 1. The number of aliphatic hydroxyl groups excluding tert-OH is 1. The maximum Gasteiger partial charge on any atom is 0.0698 e. The molecule has 0 radical (unpaired) electrons. The second kappa shape index (κ2) is 8.01. The van der Waals surface area contributed by atoms with Crippen LogP contribution in [0.2, 0.25) is 0 Å². The lowest BCUT2D eigenvalue weighted by Crippen LogP contribution is -2.47. The van der Waals surface area contributed by atoms with Gasteiger partial charge >= 0.3 is 0 Å². The lowest BCUT2D eigenvalue weighted by atomic mass is 9.98. The van der Waals surface area contributed by atoms with Crippen LogP contribution in [-0.4, -0.2) is 61.5 Å². The normalized spacial score (nSPS) is 27.2. The number of hydrogen-bond donors (Lipinski definition) is 2. The zero-order valence-corrected chi connectivity index (χ0v) is 10.6. The Hall–Kier alpha value is -0.160. The Kier molecular flexibility index (Phi) is 6.96. The van der Waals surface area contributed by atoms with Crippen molar-refractivity contribution in [1.29, 1.82) is 0 Å². The highest BCUT2D eigenvalue weighted by atomic mass is 16.5. The van der Waals surface area contributed by atoms with Gasteiger partial charge in [0.05, 0.1) is 19.8 Å². The molecule has 1 fully saturated rings. The van der Waals surface area contributed by atoms with E-state index < -0.39 is 0 Å². The zero-order valence-electron chi connectivity index (χ0n) is 10.6. The highest BCUT2D eigenvalue weighted by Crippen LogP contribution is 2.16. The molecule has 2 N–H and O–H groups in total. The summed E-state index contributed by atoms with van der Waals surface area (Å²) in [5.41, 5.74) is 0. The predicted molar refractivity (Wildman–Crippen MR) is 65.6 cm³/mol. The number of nitrogens with zero attached hydrogens (tertiary/aromatic N) is 1. The van der Waals surface area contributed by atoms with Crippen LogP contribution in [0.5, 0.6) is 0 Å². The fraction of sp³-hybridized carbons (Fsp3) is 1.00. The first kappa shape index (κ1) is 13.9. The molecule has 2 atom stereocenters. The molecule has 0 aromatic carbocycles. The Morgan fingerprint density at radius 2 is 2.25 bits per heavy atom. The van der Waals surface area contributed by atoms with E-state index in [9.17, 15) is 0 Å². The smallest absolute Gasteiger partial charge is 0.0698 e. The summed E-state index contributed by atoms with van der Waals surface area (Å²) in [6.07, 6.45) is 2.46. The van der Waals surface area contributed by atoms with E-state index in [4.69, 9.17) is 9.84 Å². The molecule has 0 aromatic heterocycles. The Morgan fingerprint density at radius 3 is 2.88 bits per heavy atom. The van der Waals surface area contributed by atoms with Gasteiger partial charge in [0.15, 0.2) is 0 Å². The summed E-state index contributed by atoms with van der Waals surface area (Å²) < 4.78 is 5.22. The minimum absolute atomic E-state index is 0.117. The summed E-state index contributed by atoms with van der Waals surface area (Å²) in [5, 5.41) is 12.1. The van der Waals surface area contributed by atoms with Crippen LogP contribution >= 0.6 is 0 Å². The lowest BCUT2D eigenvalue weighted by molar-refractivity contribution is 0.0875. The van der Waals surface area contributed by atoms with Crippen molar-refractivity contribution in [2.45, 2.75) is 38.8 Å². The molecule has 0 spiro atoms. The fourth-order valence-corrected chi connectivity index (χ4v) is 2.38. The monoisotopic (exact) mass is 230 g/mol. The third kappa shape index (κ3) is 4.78. The van der Waals surface area contributed by atoms with E-state index in [2.05, 4.69) is 24.1 Å². The molecular weight excluding hydrogens is 204 g/mol. The minimum Gasteiger partial charge on any atom is -0.394 e. The molecular formula is C12H26N2O2. The van der Waals surface area contributed by atoms with Crippen LogP contribution in [0, 0.1) is 0 Å². The molecule has 4 nitrogen and oxygen atoms in total. The van der Waals surface area contributed by atoms with E-state index in [0.29, 0.717) is 25.3 Å². The van der Waals surface area contributed by atoms with E-state index in [1.165, 1.54) is 19.4 Å². The van der Waals surface area contributed by atoms with Gasteiger partial charge in [0.25, 0.3) is 0 Å². The Morgan fingerprint density at radius 1 is 1.44 bits per heavy atom. The van der Waals surface area contributed by atoms with Gasteiger partial charge in [0, 0.05) is 18.6 Å². The first-order chi connectivity index (χ1) is 7.77. The first-order valence-corrected chi connectivity index (χ1v) is 6.44. The third-order valence-corrected chi connectivity index (χ3v) is 3.33. The highest BCUT2D eigenvalue weighted by Gasteiger charge is 2.23. The van der Waals surface area contributed by atoms with Crippen molar-refractivity contribution >= 4 is 0 Å². The van der Waals surface area contributed by atoms with E-state index in [1.807, 2.05) is 0 Å². The van der Waals surface area contributed by atoms with Crippen LogP contribution in [0.3, 0.4) is 0 Å². The number of piperidine rings is 1. The second-order valence-corrected chi connectivity index (χ2v) is 4.49. The summed E-state index contributed by atoms with van der Waals surface area (Å²) >= 11 is 0. The van der Waals surface area contributed by atoms with E-state index in [-0.39, 0.29) is 6.61 Å². The molecule has 1 aliphatic heterocycles. The van der Waals surface area contributed by atoms with Crippen molar-refractivity contribution in [3.8, 4) is 0 Å². The largest absolute Gasteiger partial charge is 0.394 e. The van der Waals surface area contributed by atoms with Gasteiger partial charge in [-0.05, 0) is 32.9 Å². The lowest BCUT2D eigenvalue weighted by Gasteiger charge is -2.37. The molecule has 0 amide bonds. The zero-order chi connectivity index (χ0) is 11.8. The number of rotatable bonds is 7. The van der Waals surface area contributed by atoms with Crippen LogP contribution in [0.1, 0.15) is 26.7 Å². The molecule has 2 unspecified atom stereocenters. The predicted octanol–water partition coefficient (Wildman–Crippen LogP) is 0.458. The molecule has 4 heteroatoms. The first-order valence-electron chi connectivity index (χ1n) is 6.44. The average molecular weight is 230 g/mol. The van der Waals surface area contributed by atoms with Gasteiger partial charge in [0.1, 0.15) is 0 Å². The Labute approximate surface area is 99.0 Å². The topological polar surface area (TPSA) is 44.7 Å². The molecule has 0 aliphatic carbocycles. The molecule has 16 heavy (non-hydrogen) atoms. The van der Waals surface area contributed by atoms with Gasteiger partial charge in [-0.3, -0.25) is 0 Å². The van der Waals surface area contributed by atoms with Crippen LogP contribution in [-0.2, 0) is 4.74 Å². The van der Waals surface area contributed by atoms with Crippen molar-refractivity contribution in [2.24, 2.45) is 0 Å². The summed E-state index contributed by atoms with van der Waals surface area (Å²) in [5.74, 6) is 0. The number of nitrogens with one attached hydrogen (secondary N) is 1. The Bertz CT molecular complexity index is 178. The van der Waals surface area contributed by atoms with Gasteiger partial charge in [-0.25, -0.2) is 0 Å². The van der Waals surface area contributed by atoms with Crippen LogP contribution in [0.25, 0.3) is 0 Å². The third-order valence-electron chi connectivity index (χ3n) is 3.33. The number of aliphatic hydroxyl groups is 1. The maximum atomic E-state index is 8.55. The molecule has 0 saturated carbocycles.